The number of thiol groups is 3. The van der Waals surface area contributed by atoms with Crippen LogP contribution in [0.4, 0.5) is 0 Å². The predicted molar refractivity (Wildman–Crippen MR) is 28.8 cm³/mol. The molecule has 4 heteroatoms. The molecule has 0 aromatic heterocycles. The highest BCUT2D eigenvalue weighted by atomic mass is 32.2. The average Bonchev–Trinajstić information content (AvgIpc) is 0.811. The van der Waals surface area contributed by atoms with Crippen LogP contribution in [-0.4, -0.2) is 3.12 Å². The highest BCUT2D eigenvalue weighted by Crippen LogP contribution is 1.96. The molecule has 0 fully saturated rings. The minimum atomic E-state index is 1.08. The van der Waals surface area contributed by atoms with E-state index < -0.39 is 0 Å². The van der Waals surface area contributed by atoms with E-state index in [0.29, 0.717) is 0 Å². The van der Waals surface area contributed by atoms with Crippen LogP contribution in [0, 0.1) is 0 Å². The zero-order valence-corrected chi connectivity index (χ0v) is 4.47. The van der Waals surface area contributed by atoms with Crippen LogP contribution >= 0.6 is 38.4 Å². The van der Waals surface area contributed by atoms with E-state index in [0.717, 1.165) is 3.12 Å². The van der Waals surface area contributed by atoms with Crippen molar-refractivity contribution in [1.29, 1.82) is 0 Å². The molecule has 0 spiro atoms. The van der Waals surface area contributed by atoms with Gasteiger partial charge in [0.2, 0.25) is 0 Å². The highest BCUT2D eigenvalue weighted by Gasteiger charge is 1.62. The van der Waals surface area contributed by atoms with Gasteiger partial charge in [-0.15, -0.1) is 3.12 Å². The molecule has 0 bridgehead atoms. The van der Waals surface area contributed by atoms with Gasteiger partial charge in [0.05, 0.1) is 0 Å². The molecule has 0 aliphatic heterocycles. The van der Waals surface area contributed by atoms with Gasteiger partial charge < -0.3 is 0 Å². The van der Waals surface area contributed by atoms with Crippen LogP contribution in [0.2, 0.25) is 0 Å². The van der Waals surface area contributed by atoms with Crippen LogP contribution in [0.5, 0.6) is 0 Å². The Morgan fingerprint density at radius 2 is 1.00 bits per heavy atom. The molecular weight excluding hydrogens is 110 g/mol. The molecule has 0 aromatic rings. The number of hydrogen-bond donors (Lipinski definition) is 3. The van der Waals surface area contributed by atoms with Gasteiger partial charge in [-0.1, -0.05) is 38.4 Å². The maximum atomic E-state index is 3.53. The van der Waals surface area contributed by atoms with Gasteiger partial charge in [-0.25, -0.2) is 0 Å². The summed E-state index contributed by atoms with van der Waals surface area (Å²) in [7, 11) is 0. The SMILES string of the molecule is SN(S)S. The Balaban J connectivity index is 2.32. The molecule has 0 aliphatic carbocycles. The lowest BCUT2D eigenvalue weighted by Gasteiger charge is -1.84. The summed E-state index contributed by atoms with van der Waals surface area (Å²) < 4.78 is 1.08. The molecule has 0 N–H and O–H groups in total. The molecule has 0 radical (unpaired) electrons. The number of hydrogen-bond acceptors (Lipinski definition) is 4. The first-order valence-electron chi connectivity index (χ1n) is 0.600. The van der Waals surface area contributed by atoms with Crippen LogP contribution in [0.1, 0.15) is 0 Å². The minimum absolute atomic E-state index is 1.08. The minimum Gasteiger partial charge on any atom is -0.147 e. The molecule has 1 nitrogen and oxygen atoms in total. The molecule has 0 amide bonds. The van der Waals surface area contributed by atoms with E-state index in [1.807, 2.05) is 0 Å². The lowest BCUT2D eigenvalue weighted by molar-refractivity contribution is 1.36. The van der Waals surface area contributed by atoms with Crippen LogP contribution in [0.3, 0.4) is 0 Å². The molecule has 0 saturated carbocycles. The Morgan fingerprint density at radius 1 is 1.00 bits per heavy atom. The maximum Gasteiger partial charge on any atom is -0.0736 e. The molecule has 0 aromatic carbocycles. The lowest BCUT2D eigenvalue weighted by Crippen LogP contribution is -1.63. The second-order valence-electron chi connectivity index (χ2n) is 0.268. The molecule has 0 saturated heterocycles. The highest BCUT2D eigenvalue weighted by molar-refractivity contribution is 8.07. The molecule has 0 heterocycles. The van der Waals surface area contributed by atoms with Gasteiger partial charge in [-0.2, -0.15) is 0 Å². The second-order valence-corrected chi connectivity index (χ2v) is 2.41. The fourth-order valence-corrected chi connectivity index (χ4v) is 0. The molecule has 0 atom stereocenters. The predicted octanol–water partition coefficient (Wildman–Crippen LogP) is 0.823. The summed E-state index contributed by atoms with van der Waals surface area (Å²) in [6, 6.07) is 0. The summed E-state index contributed by atoms with van der Waals surface area (Å²) in [4.78, 5) is 0. The molecular formula is H3NS3. The van der Waals surface area contributed by atoms with E-state index >= 15 is 0 Å². The molecule has 4 heavy (non-hydrogen) atoms. The van der Waals surface area contributed by atoms with E-state index in [2.05, 4.69) is 38.4 Å². The summed E-state index contributed by atoms with van der Waals surface area (Å²) in [6.07, 6.45) is 0. The van der Waals surface area contributed by atoms with Crippen molar-refractivity contribution in [2.45, 2.75) is 0 Å². The van der Waals surface area contributed by atoms with Crippen molar-refractivity contribution in [3.05, 3.63) is 0 Å². The third-order valence-electron chi connectivity index (χ3n) is 0. The third-order valence-corrected chi connectivity index (χ3v) is 0. The van der Waals surface area contributed by atoms with Gasteiger partial charge in [0.25, 0.3) is 0 Å². The standard InChI is InChI=1S/H3NS3/c2-1(3)4/h2-4H. The average molecular weight is 113 g/mol. The maximum absolute atomic E-state index is 3.53. The van der Waals surface area contributed by atoms with E-state index in [9.17, 15) is 0 Å². The molecule has 26 valence electrons. The molecule has 0 aliphatic rings. The van der Waals surface area contributed by atoms with Crippen molar-refractivity contribution in [1.82, 2.24) is 3.12 Å². The van der Waals surface area contributed by atoms with Crippen molar-refractivity contribution < 1.29 is 0 Å². The Hall–Kier alpha value is 1.01. The van der Waals surface area contributed by atoms with Gasteiger partial charge in [0.1, 0.15) is 0 Å². The van der Waals surface area contributed by atoms with Crippen molar-refractivity contribution >= 4 is 38.4 Å². The largest absolute Gasteiger partial charge is 0.147 e. The van der Waals surface area contributed by atoms with Crippen LogP contribution < -0.4 is 0 Å². The number of nitrogens with zero attached hydrogens (tertiary/aromatic N) is 1. The topological polar surface area (TPSA) is 3.24 Å². The quantitative estimate of drug-likeness (QED) is 0.392. The number of rotatable bonds is 0. The monoisotopic (exact) mass is 113 g/mol. The fraction of sp³-hybridized carbons (Fsp3) is 0. The Bertz CT molecular complexity index is 8.00. The van der Waals surface area contributed by atoms with E-state index in [-0.39, 0.29) is 0 Å². The van der Waals surface area contributed by atoms with Gasteiger partial charge >= 0.3 is 0 Å². The summed E-state index contributed by atoms with van der Waals surface area (Å²) in [5.74, 6) is 0. The third kappa shape index (κ3) is 11.9. The van der Waals surface area contributed by atoms with Crippen LogP contribution in [0.25, 0.3) is 0 Å². The van der Waals surface area contributed by atoms with Crippen molar-refractivity contribution in [3.8, 4) is 0 Å². The normalized spacial score (nSPS) is 9.00. The van der Waals surface area contributed by atoms with Crippen molar-refractivity contribution in [3.63, 3.8) is 0 Å². The molecule has 0 rings (SSSR count). The van der Waals surface area contributed by atoms with E-state index in [4.69, 9.17) is 0 Å². The summed E-state index contributed by atoms with van der Waals surface area (Å²) >= 11 is 10.6. The van der Waals surface area contributed by atoms with Crippen LogP contribution in [-0.2, 0) is 0 Å². The summed E-state index contributed by atoms with van der Waals surface area (Å²) in [5, 5.41) is 0. The summed E-state index contributed by atoms with van der Waals surface area (Å²) in [6.45, 7) is 0. The Kier molecular flexibility index (Phi) is 2.83. The Morgan fingerprint density at radius 3 is 1.00 bits per heavy atom. The van der Waals surface area contributed by atoms with E-state index in [1.165, 1.54) is 0 Å². The first-order valence-corrected chi connectivity index (χ1v) is 1.80. The lowest BCUT2D eigenvalue weighted by atomic mass is 13.8. The zero-order valence-electron chi connectivity index (χ0n) is 1.79. The van der Waals surface area contributed by atoms with Crippen molar-refractivity contribution in [2.24, 2.45) is 0 Å². The zero-order chi connectivity index (χ0) is 3.58. The van der Waals surface area contributed by atoms with Gasteiger partial charge in [0, 0.05) is 0 Å². The second kappa shape index (κ2) is 2.26. The summed E-state index contributed by atoms with van der Waals surface area (Å²) in [5.41, 5.74) is 0. The first kappa shape index (κ1) is 5.01. The van der Waals surface area contributed by atoms with Gasteiger partial charge in [-0.05, 0) is 0 Å². The van der Waals surface area contributed by atoms with Crippen molar-refractivity contribution in [2.75, 3.05) is 0 Å². The molecule has 0 unspecified atom stereocenters. The van der Waals surface area contributed by atoms with E-state index in [1.54, 1.807) is 0 Å². The smallest absolute Gasteiger partial charge is 0.0736 e. The van der Waals surface area contributed by atoms with Crippen LogP contribution in [0.15, 0.2) is 0 Å². The van der Waals surface area contributed by atoms with Gasteiger partial charge in [-0.3, -0.25) is 0 Å². The first-order chi connectivity index (χ1) is 1.73. The van der Waals surface area contributed by atoms with Gasteiger partial charge in [0.15, 0.2) is 0 Å². The Labute approximate surface area is 42.0 Å². The fourth-order valence-electron chi connectivity index (χ4n) is 0.